The molecule has 0 atom stereocenters. The van der Waals surface area contributed by atoms with Gasteiger partial charge in [0.25, 0.3) is 5.79 Å². The van der Waals surface area contributed by atoms with Gasteiger partial charge < -0.3 is 28.4 Å². The monoisotopic (exact) mass is 293 g/mol. The van der Waals surface area contributed by atoms with Crippen molar-refractivity contribution in [1.29, 1.82) is 0 Å². The maximum Gasteiger partial charge on any atom is 0.274 e. The second-order valence-electron chi connectivity index (χ2n) is 3.96. The van der Waals surface area contributed by atoms with Gasteiger partial charge in [0.05, 0.1) is 0 Å². The highest BCUT2D eigenvalue weighted by Gasteiger charge is 2.66. The van der Waals surface area contributed by atoms with Crippen LogP contribution in [0.4, 0.5) is 0 Å². The Morgan fingerprint density at radius 1 is 0.737 bits per heavy atom. The molecule has 0 aromatic rings. The Bertz CT molecular complexity index is 249. The van der Waals surface area contributed by atoms with E-state index in [1.165, 1.54) is 42.7 Å². The second-order valence-corrected chi connectivity index (χ2v) is 4.62. The van der Waals surface area contributed by atoms with Gasteiger partial charge in [0.1, 0.15) is 10.2 Å². The van der Waals surface area contributed by atoms with Gasteiger partial charge in [-0.25, -0.2) is 0 Å². The van der Waals surface area contributed by atoms with Crippen molar-refractivity contribution in [3.63, 3.8) is 0 Å². The van der Waals surface area contributed by atoms with E-state index in [1.807, 2.05) is 6.92 Å². The van der Waals surface area contributed by atoms with Crippen molar-refractivity contribution in [3.8, 4) is 0 Å². The molecule has 6 nitrogen and oxygen atoms in total. The molecular formula is C12H25O6Si. The number of hydrogen-bond donors (Lipinski definition) is 0. The van der Waals surface area contributed by atoms with Crippen molar-refractivity contribution >= 4 is 10.2 Å². The first-order valence-electron chi connectivity index (χ1n) is 5.98. The Balaban J connectivity index is 5.96. The first-order chi connectivity index (χ1) is 8.92. The van der Waals surface area contributed by atoms with Gasteiger partial charge in [-0.2, -0.15) is 0 Å². The Kier molecular flexibility index (Phi) is 7.67. The van der Waals surface area contributed by atoms with Crippen LogP contribution >= 0.6 is 0 Å². The van der Waals surface area contributed by atoms with Crippen LogP contribution in [-0.4, -0.2) is 69.9 Å². The molecule has 0 heterocycles. The molecule has 0 unspecified atom stereocenters. The molecule has 0 N–H and O–H groups in total. The molecule has 113 valence electrons. The van der Waals surface area contributed by atoms with Crippen LogP contribution in [0, 0.1) is 0 Å². The highest BCUT2D eigenvalue weighted by molar-refractivity contribution is 6.14. The summed E-state index contributed by atoms with van der Waals surface area (Å²) in [6, 6.07) is 0. The van der Waals surface area contributed by atoms with E-state index in [9.17, 15) is 0 Å². The van der Waals surface area contributed by atoms with Gasteiger partial charge in [0.15, 0.2) is 0 Å². The molecule has 0 fully saturated rings. The van der Waals surface area contributed by atoms with Crippen LogP contribution in [0.1, 0.15) is 19.8 Å². The molecule has 0 aliphatic rings. The van der Waals surface area contributed by atoms with Crippen LogP contribution in [0.25, 0.3) is 0 Å². The zero-order valence-electron chi connectivity index (χ0n) is 12.9. The van der Waals surface area contributed by atoms with Crippen LogP contribution < -0.4 is 0 Å². The van der Waals surface area contributed by atoms with Gasteiger partial charge in [-0.15, -0.1) is 0 Å². The minimum absolute atomic E-state index is 0.515. The third kappa shape index (κ3) is 2.87. The predicted molar refractivity (Wildman–Crippen MR) is 70.9 cm³/mol. The van der Waals surface area contributed by atoms with Gasteiger partial charge in [-0.1, -0.05) is 13.3 Å². The molecule has 7 heteroatoms. The molecule has 0 aliphatic heterocycles. The summed E-state index contributed by atoms with van der Waals surface area (Å²) in [5.74, 6) is -2.68. The quantitative estimate of drug-likeness (QED) is 0.440. The topological polar surface area (TPSA) is 55.4 Å². The van der Waals surface area contributed by atoms with Crippen LogP contribution in [0.15, 0.2) is 0 Å². The van der Waals surface area contributed by atoms with Gasteiger partial charge in [0.2, 0.25) is 11.2 Å². The Morgan fingerprint density at radius 3 is 1.37 bits per heavy atom. The summed E-state index contributed by atoms with van der Waals surface area (Å²) in [6.07, 6.45) is 1.30. The molecule has 19 heavy (non-hydrogen) atoms. The second kappa shape index (κ2) is 7.68. The highest BCUT2D eigenvalue weighted by Crippen LogP contribution is 2.43. The largest absolute Gasteiger partial charge is 0.352 e. The first-order valence-corrected chi connectivity index (χ1v) is 6.48. The lowest BCUT2D eigenvalue weighted by Gasteiger charge is -2.53. The zero-order chi connectivity index (χ0) is 15.2. The molecule has 0 bridgehead atoms. The van der Waals surface area contributed by atoms with Crippen LogP contribution in [0.2, 0.25) is 0 Å². The summed E-state index contributed by atoms with van der Waals surface area (Å²) in [7, 11) is 12.3. The van der Waals surface area contributed by atoms with Crippen LogP contribution in [-0.2, 0) is 28.4 Å². The van der Waals surface area contributed by atoms with E-state index >= 15 is 0 Å². The molecule has 3 radical (unpaired) electrons. The van der Waals surface area contributed by atoms with E-state index in [-0.39, 0.29) is 0 Å². The summed E-state index contributed by atoms with van der Waals surface area (Å²) < 4.78 is 33.0. The Hall–Kier alpha value is -0.0231. The summed E-state index contributed by atoms with van der Waals surface area (Å²) in [4.78, 5) is 0. The van der Waals surface area contributed by atoms with Crippen LogP contribution in [0.5, 0.6) is 0 Å². The smallest absolute Gasteiger partial charge is 0.274 e. The van der Waals surface area contributed by atoms with Crippen molar-refractivity contribution in [1.82, 2.24) is 0 Å². The Morgan fingerprint density at radius 2 is 1.16 bits per heavy atom. The summed E-state index contributed by atoms with van der Waals surface area (Å²) >= 11 is 0. The predicted octanol–water partition coefficient (Wildman–Crippen LogP) is 0.880. The molecule has 0 aromatic carbocycles. The van der Waals surface area contributed by atoms with Crippen molar-refractivity contribution in [2.45, 2.75) is 36.7 Å². The molecule has 0 saturated carbocycles. The molecule has 0 saturated heterocycles. The number of hydrogen-bond acceptors (Lipinski definition) is 6. The average Bonchev–Trinajstić information content (AvgIpc) is 2.47. The van der Waals surface area contributed by atoms with Gasteiger partial charge in [0, 0.05) is 49.1 Å². The lowest BCUT2D eigenvalue weighted by atomic mass is 9.98. The van der Waals surface area contributed by atoms with E-state index in [4.69, 9.17) is 28.4 Å². The average molecular weight is 293 g/mol. The fraction of sp³-hybridized carbons (Fsp3) is 1.00. The third-order valence-corrected chi connectivity index (χ3v) is 4.06. The van der Waals surface area contributed by atoms with E-state index in [2.05, 4.69) is 10.2 Å². The molecule has 0 aliphatic carbocycles. The van der Waals surface area contributed by atoms with Gasteiger partial charge in [-0.05, 0) is 0 Å². The van der Waals surface area contributed by atoms with E-state index in [0.717, 1.165) is 6.42 Å². The van der Waals surface area contributed by atoms with Gasteiger partial charge >= 0.3 is 0 Å². The van der Waals surface area contributed by atoms with Gasteiger partial charge in [-0.3, -0.25) is 0 Å². The molecule has 0 aromatic heterocycles. The van der Waals surface area contributed by atoms with E-state index in [0.29, 0.717) is 6.42 Å². The number of ether oxygens (including phenoxy) is 6. The highest BCUT2D eigenvalue weighted by atomic mass is 28.1. The first kappa shape index (κ1) is 19.0. The maximum atomic E-state index is 5.56. The van der Waals surface area contributed by atoms with E-state index < -0.39 is 17.0 Å². The third-order valence-electron chi connectivity index (χ3n) is 3.32. The molecule has 0 spiro atoms. The summed E-state index contributed by atoms with van der Waals surface area (Å²) in [6.45, 7) is 2.00. The molecule has 0 amide bonds. The van der Waals surface area contributed by atoms with Crippen molar-refractivity contribution < 1.29 is 28.4 Å². The lowest BCUT2D eigenvalue weighted by molar-refractivity contribution is -0.456. The minimum atomic E-state index is -1.47. The normalized spacial score (nSPS) is 13.9. The van der Waals surface area contributed by atoms with E-state index in [1.54, 1.807) is 0 Å². The number of methoxy groups -OCH3 is 6. The fourth-order valence-corrected chi connectivity index (χ4v) is 2.71. The number of rotatable bonds is 10. The summed E-state index contributed by atoms with van der Waals surface area (Å²) in [5.41, 5.74) is -1.41. The maximum absolute atomic E-state index is 5.56. The van der Waals surface area contributed by atoms with Crippen molar-refractivity contribution in [3.05, 3.63) is 0 Å². The Labute approximate surface area is 119 Å². The van der Waals surface area contributed by atoms with Crippen molar-refractivity contribution in [2.75, 3.05) is 42.7 Å². The summed E-state index contributed by atoms with van der Waals surface area (Å²) in [5, 5.41) is 0. The SMILES string of the molecule is CCCC(OC)(OC)C(OC)(OC)C([Si])(OC)OC. The fourth-order valence-electron chi connectivity index (χ4n) is 2.32. The minimum Gasteiger partial charge on any atom is -0.352 e. The van der Waals surface area contributed by atoms with Crippen LogP contribution in [0.3, 0.4) is 0 Å². The molecule has 0 rings (SSSR count). The zero-order valence-corrected chi connectivity index (χ0v) is 13.9. The molecular weight excluding hydrogens is 268 g/mol. The standard InChI is InChI=1S/C12H25O6Si/c1-8-9-10(13-2,14-3)11(15-4,16-5)12(19,17-6)18-7/h8-9H2,1-7H3. The lowest BCUT2D eigenvalue weighted by Crippen LogP contribution is -2.72. The van der Waals surface area contributed by atoms with Crippen molar-refractivity contribution in [2.24, 2.45) is 0 Å².